The molecule has 0 saturated heterocycles. The van der Waals surface area contributed by atoms with Crippen LogP contribution in [0.25, 0.3) is 0 Å². The van der Waals surface area contributed by atoms with Gasteiger partial charge in [0.25, 0.3) is 0 Å². The van der Waals surface area contributed by atoms with Crippen LogP contribution in [0, 0.1) is 6.92 Å². The maximum atomic E-state index is 5.48. The maximum absolute atomic E-state index is 5.48. The molecule has 14 heavy (non-hydrogen) atoms. The van der Waals surface area contributed by atoms with Crippen LogP contribution in [0.5, 0.6) is 11.8 Å². The van der Waals surface area contributed by atoms with Crippen molar-refractivity contribution >= 4 is 0 Å². The van der Waals surface area contributed by atoms with E-state index < -0.39 is 0 Å². The summed E-state index contributed by atoms with van der Waals surface area (Å²) in [6, 6.07) is 0. The van der Waals surface area contributed by atoms with E-state index in [9.17, 15) is 0 Å². The molecule has 0 aliphatic rings. The third kappa shape index (κ3) is 2.11. The Hall–Kier alpha value is -1.36. The van der Waals surface area contributed by atoms with Crippen LogP contribution in [0.15, 0.2) is 0 Å². The van der Waals surface area contributed by atoms with E-state index in [1.165, 1.54) is 0 Å². The molecule has 0 saturated carbocycles. The molecule has 0 amide bonds. The molecule has 0 atom stereocenters. The molecule has 0 bridgehead atoms. The van der Waals surface area contributed by atoms with Crippen LogP contribution in [-0.4, -0.2) is 30.7 Å². The topological polar surface area (TPSA) is 70.3 Å². The zero-order valence-electron chi connectivity index (χ0n) is 8.70. The molecule has 0 aliphatic carbocycles. The van der Waals surface area contributed by atoms with Crippen LogP contribution >= 0.6 is 0 Å². The van der Waals surface area contributed by atoms with Crippen molar-refractivity contribution in [1.29, 1.82) is 0 Å². The Kier molecular flexibility index (Phi) is 3.64. The van der Waals surface area contributed by atoms with Crippen LogP contribution in [0.2, 0.25) is 0 Å². The monoisotopic (exact) mass is 197 g/mol. The largest absolute Gasteiger partial charge is 0.481 e. The number of rotatable bonds is 4. The van der Waals surface area contributed by atoms with Gasteiger partial charge < -0.3 is 15.2 Å². The summed E-state index contributed by atoms with van der Waals surface area (Å²) in [6.45, 7) is 2.30. The minimum absolute atomic E-state index is 0.513. The van der Waals surface area contributed by atoms with E-state index in [0.29, 0.717) is 30.5 Å². The Balaban J connectivity index is 3.18. The molecule has 78 valence electrons. The highest BCUT2D eigenvalue weighted by Gasteiger charge is 2.13. The predicted molar refractivity (Wildman–Crippen MR) is 52.6 cm³/mol. The number of nitrogens with two attached hydrogens (primary N) is 1. The first kappa shape index (κ1) is 10.7. The first-order valence-corrected chi connectivity index (χ1v) is 4.38. The first-order chi connectivity index (χ1) is 6.72. The number of nitrogens with zero attached hydrogens (tertiary/aromatic N) is 2. The summed E-state index contributed by atoms with van der Waals surface area (Å²) in [5.74, 6) is 1.71. The molecule has 0 spiro atoms. The van der Waals surface area contributed by atoms with Crippen molar-refractivity contribution in [2.45, 2.75) is 13.3 Å². The number of aryl methyl sites for hydroxylation is 1. The lowest BCUT2D eigenvalue weighted by Gasteiger charge is -2.10. The van der Waals surface area contributed by atoms with Crippen molar-refractivity contribution in [1.82, 2.24) is 9.97 Å². The fourth-order valence-electron chi connectivity index (χ4n) is 1.24. The van der Waals surface area contributed by atoms with Gasteiger partial charge in [0, 0.05) is 0 Å². The van der Waals surface area contributed by atoms with E-state index >= 15 is 0 Å². The molecule has 5 heteroatoms. The molecule has 5 nitrogen and oxygen atoms in total. The molecule has 0 aromatic carbocycles. The van der Waals surface area contributed by atoms with Gasteiger partial charge in [0.15, 0.2) is 0 Å². The lowest BCUT2D eigenvalue weighted by molar-refractivity contribution is 0.360. The summed E-state index contributed by atoms with van der Waals surface area (Å²) >= 11 is 0. The predicted octanol–water partition coefficient (Wildman–Crippen LogP) is 0.303. The average Bonchev–Trinajstić information content (AvgIpc) is 2.20. The van der Waals surface area contributed by atoms with Crippen LogP contribution in [-0.2, 0) is 6.42 Å². The Morgan fingerprint density at radius 2 is 1.64 bits per heavy atom. The van der Waals surface area contributed by atoms with E-state index in [4.69, 9.17) is 15.2 Å². The molecule has 1 aromatic rings. The summed E-state index contributed by atoms with van der Waals surface area (Å²) in [4.78, 5) is 8.30. The van der Waals surface area contributed by atoms with Crippen molar-refractivity contribution < 1.29 is 9.47 Å². The number of ether oxygens (including phenoxy) is 2. The van der Waals surface area contributed by atoms with E-state index in [1.807, 2.05) is 0 Å². The van der Waals surface area contributed by atoms with Crippen molar-refractivity contribution in [3.8, 4) is 11.8 Å². The fraction of sp³-hybridized carbons (Fsp3) is 0.556. The molecule has 2 N–H and O–H groups in total. The second-order valence-electron chi connectivity index (χ2n) is 2.81. The van der Waals surface area contributed by atoms with Gasteiger partial charge in [-0.1, -0.05) is 0 Å². The van der Waals surface area contributed by atoms with Gasteiger partial charge in [-0.3, -0.25) is 0 Å². The van der Waals surface area contributed by atoms with E-state index in [0.717, 1.165) is 5.56 Å². The van der Waals surface area contributed by atoms with Crippen molar-refractivity contribution in [2.24, 2.45) is 5.73 Å². The third-order valence-corrected chi connectivity index (χ3v) is 1.82. The van der Waals surface area contributed by atoms with Crippen LogP contribution in [0.1, 0.15) is 11.4 Å². The van der Waals surface area contributed by atoms with Gasteiger partial charge in [-0.25, -0.2) is 0 Å². The van der Waals surface area contributed by atoms with Crippen molar-refractivity contribution in [2.75, 3.05) is 20.8 Å². The van der Waals surface area contributed by atoms with Crippen LogP contribution < -0.4 is 15.2 Å². The highest BCUT2D eigenvalue weighted by molar-refractivity contribution is 5.35. The summed E-state index contributed by atoms with van der Waals surface area (Å²) in [6.07, 6.45) is 0.645. The number of aromatic nitrogens is 2. The van der Waals surface area contributed by atoms with Gasteiger partial charge >= 0.3 is 0 Å². The van der Waals surface area contributed by atoms with Crippen LogP contribution in [0.3, 0.4) is 0 Å². The van der Waals surface area contributed by atoms with Gasteiger partial charge in [0.1, 0.15) is 5.82 Å². The normalized spacial score (nSPS) is 10.0. The Morgan fingerprint density at radius 3 is 2.00 bits per heavy atom. The van der Waals surface area contributed by atoms with Crippen molar-refractivity contribution in [3.05, 3.63) is 11.4 Å². The number of hydrogen-bond donors (Lipinski definition) is 1. The minimum atomic E-state index is 0.513. The highest BCUT2D eigenvalue weighted by Crippen LogP contribution is 2.24. The quantitative estimate of drug-likeness (QED) is 0.752. The Morgan fingerprint density at radius 1 is 1.14 bits per heavy atom. The number of methoxy groups -OCH3 is 2. The lowest BCUT2D eigenvalue weighted by atomic mass is 10.2. The maximum Gasteiger partial charge on any atom is 0.223 e. The SMILES string of the molecule is COc1nc(C)nc(OC)c1CCN. The third-order valence-electron chi connectivity index (χ3n) is 1.82. The van der Waals surface area contributed by atoms with E-state index in [2.05, 4.69) is 9.97 Å². The van der Waals surface area contributed by atoms with Crippen LogP contribution in [0.4, 0.5) is 0 Å². The van der Waals surface area contributed by atoms with Gasteiger partial charge in [-0.2, -0.15) is 9.97 Å². The molecule has 1 heterocycles. The molecule has 1 aromatic heterocycles. The molecule has 1 rings (SSSR count). The van der Waals surface area contributed by atoms with Crippen molar-refractivity contribution in [3.63, 3.8) is 0 Å². The standard InChI is InChI=1S/C9H15N3O2/c1-6-11-8(13-2)7(4-5-10)9(12-6)14-3/h4-5,10H2,1-3H3. The molecular formula is C9H15N3O2. The van der Waals surface area contributed by atoms with Gasteiger partial charge in [-0.15, -0.1) is 0 Å². The Labute approximate surface area is 83.3 Å². The molecule has 0 aliphatic heterocycles. The van der Waals surface area contributed by atoms with E-state index in [1.54, 1.807) is 21.1 Å². The summed E-state index contributed by atoms with van der Waals surface area (Å²) in [5, 5.41) is 0. The highest BCUT2D eigenvalue weighted by atomic mass is 16.5. The second kappa shape index (κ2) is 4.76. The fourth-order valence-corrected chi connectivity index (χ4v) is 1.24. The minimum Gasteiger partial charge on any atom is -0.481 e. The van der Waals surface area contributed by atoms with Gasteiger partial charge in [0.2, 0.25) is 11.8 Å². The molecule has 0 fully saturated rings. The summed E-state index contributed by atoms with van der Waals surface area (Å²) in [5.41, 5.74) is 6.30. The zero-order chi connectivity index (χ0) is 10.6. The van der Waals surface area contributed by atoms with E-state index in [-0.39, 0.29) is 0 Å². The second-order valence-corrected chi connectivity index (χ2v) is 2.81. The summed E-state index contributed by atoms with van der Waals surface area (Å²) in [7, 11) is 3.14. The molecule has 0 unspecified atom stereocenters. The molecular weight excluding hydrogens is 182 g/mol. The summed E-state index contributed by atoms with van der Waals surface area (Å²) < 4.78 is 10.3. The van der Waals surface area contributed by atoms with Gasteiger partial charge in [0.05, 0.1) is 19.8 Å². The first-order valence-electron chi connectivity index (χ1n) is 4.38. The lowest BCUT2D eigenvalue weighted by Crippen LogP contribution is -2.09. The Bertz CT molecular complexity index is 290. The molecule has 0 radical (unpaired) electrons. The van der Waals surface area contributed by atoms with Gasteiger partial charge in [-0.05, 0) is 19.9 Å². The average molecular weight is 197 g/mol. The smallest absolute Gasteiger partial charge is 0.223 e. The zero-order valence-corrected chi connectivity index (χ0v) is 8.70. The number of hydrogen-bond acceptors (Lipinski definition) is 5.